The maximum Gasteiger partial charge on any atom is 0.411 e. The molecule has 146 valence electrons. The SMILES string of the molecule is O=C1[C@H](N2C(=O)OC[C@H]2c2ccccc2)[C@H]([C@H](O)CO)N1Cc1ccccc1. The lowest BCUT2D eigenvalue weighted by Gasteiger charge is -2.52. The number of aliphatic hydroxyl groups is 2. The maximum atomic E-state index is 13.0. The standard InChI is InChI=1S/C21H22N2O5/c24-12-17(25)18-19(20(26)22(18)11-14-7-3-1-4-8-14)23-16(13-28-21(23)27)15-9-5-2-6-10-15/h1-10,16-19,24-25H,11-13H2/t16-,17+,18-,19+/m0/s1. The summed E-state index contributed by atoms with van der Waals surface area (Å²) in [5, 5.41) is 19.9. The first kappa shape index (κ1) is 18.5. The Hall–Kier alpha value is -2.90. The van der Waals surface area contributed by atoms with Crippen molar-refractivity contribution < 1.29 is 24.5 Å². The highest BCUT2D eigenvalue weighted by Crippen LogP contribution is 2.38. The molecule has 2 N–H and O–H groups in total. The first-order valence-corrected chi connectivity index (χ1v) is 9.25. The van der Waals surface area contributed by atoms with Gasteiger partial charge in [-0.1, -0.05) is 60.7 Å². The van der Waals surface area contributed by atoms with Crippen molar-refractivity contribution >= 4 is 12.0 Å². The van der Waals surface area contributed by atoms with Gasteiger partial charge in [0.2, 0.25) is 5.91 Å². The fourth-order valence-electron chi connectivity index (χ4n) is 4.00. The molecule has 2 aliphatic rings. The number of benzene rings is 2. The van der Waals surface area contributed by atoms with Crippen molar-refractivity contribution in [2.45, 2.75) is 30.8 Å². The minimum atomic E-state index is -1.16. The molecular formula is C21H22N2O5. The predicted octanol–water partition coefficient (Wildman–Crippen LogP) is 1.31. The van der Waals surface area contributed by atoms with Crippen molar-refractivity contribution in [2.24, 2.45) is 0 Å². The largest absolute Gasteiger partial charge is 0.447 e. The van der Waals surface area contributed by atoms with Gasteiger partial charge in [0.15, 0.2) is 0 Å². The van der Waals surface area contributed by atoms with Crippen LogP contribution in [0.4, 0.5) is 4.79 Å². The molecule has 4 atom stereocenters. The number of aliphatic hydroxyl groups excluding tert-OH is 2. The Balaban J connectivity index is 1.62. The van der Waals surface area contributed by atoms with Gasteiger partial charge in [-0.05, 0) is 11.1 Å². The number of rotatable bonds is 6. The summed E-state index contributed by atoms with van der Waals surface area (Å²) in [5.41, 5.74) is 1.77. The molecule has 7 heteroatoms. The molecule has 0 aliphatic carbocycles. The van der Waals surface area contributed by atoms with E-state index >= 15 is 0 Å². The summed E-state index contributed by atoms with van der Waals surface area (Å²) in [7, 11) is 0. The van der Waals surface area contributed by atoms with Crippen LogP contribution in [0.25, 0.3) is 0 Å². The molecule has 2 heterocycles. The van der Waals surface area contributed by atoms with E-state index in [0.717, 1.165) is 11.1 Å². The molecule has 2 aliphatic heterocycles. The third-order valence-electron chi connectivity index (χ3n) is 5.39. The zero-order chi connectivity index (χ0) is 19.7. The number of carbonyl (C=O) groups excluding carboxylic acids is 2. The van der Waals surface area contributed by atoms with Gasteiger partial charge in [0, 0.05) is 6.54 Å². The third-order valence-corrected chi connectivity index (χ3v) is 5.39. The Morgan fingerprint density at radius 3 is 2.32 bits per heavy atom. The van der Waals surface area contributed by atoms with Gasteiger partial charge in [-0.25, -0.2) is 4.79 Å². The molecule has 2 amide bonds. The van der Waals surface area contributed by atoms with Gasteiger partial charge >= 0.3 is 6.09 Å². The predicted molar refractivity (Wildman–Crippen MR) is 100 cm³/mol. The monoisotopic (exact) mass is 382 g/mol. The van der Waals surface area contributed by atoms with Gasteiger partial charge in [0.05, 0.1) is 24.8 Å². The molecule has 28 heavy (non-hydrogen) atoms. The van der Waals surface area contributed by atoms with Crippen molar-refractivity contribution in [1.82, 2.24) is 9.80 Å². The van der Waals surface area contributed by atoms with Crippen molar-refractivity contribution in [3.8, 4) is 0 Å². The molecule has 0 bridgehead atoms. The second kappa shape index (κ2) is 7.61. The Morgan fingerprint density at radius 2 is 1.68 bits per heavy atom. The topological polar surface area (TPSA) is 90.3 Å². The molecule has 2 fully saturated rings. The van der Waals surface area contributed by atoms with Crippen LogP contribution in [0.3, 0.4) is 0 Å². The van der Waals surface area contributed by atoms with E-state index in [9.17, 15) is 19.8 Å². The van der Waals surface area contributed by atoms with E-state index in [2.05, 4.69) is 0 Å². The van der Waals surface area contributed by atoms with Crippen LogP contribution >= 0.6 is 0 Å². The van der Waals surface area contributed by atoms with Gasteiger partial charge < -0.3 is 19.8 Å². The van der Waals surface area contributed by atoms with Crippen LogP contribution in [0.2, 0.25) is 0 Å². The minimum absolute atomic E-state index is 0.146. The van der Waals surface area contributed by atoms with E-state index < -0.39 is 36.9 Å². The molecule has 0 spiro atoms. The fourth-order valence-corrected chi connectivity index (χ4v) is 4.00. The molecule has 2 saturated heterocycles. The van der Waals surface area contributed by atoms with Crippen molar-refractivity contribution in [3.63, 3.8) is 0 Å². The summed E-state index contributed by atoms with van der Waals surface area (Å²) in [6.07, 6.45) is -1.74. The number of nitrogens with zero attached hydrogens (tertiary/aromatic N) is 2. The summed E-state index contributed by atoms with van der Waals surface area (Å²) in [6.45, 7) is -0.0529. The van der Waals surface area contributed by atoms with E-state index in [1.807, 2.05) is 60.7 Å². The number of carbonyl (C=O) groups is 2. The molecule has 0 aromatic heterocycles. The maximum absolute atomic E-state index is 13.0. The van der Waals surface area contributed by atoms with Crippen molar-refractivity contribution in [3.05, 3.63) is 71.8 Å². The van der Waals surface area contributed by atoms with Crippen molar-refractivity contribution in [2.75, 3.05) is 13.2 Å². The number of β-lactam (4-membered cyclic amide) rings is 1. The fraction of sp³-hybridized carbons (Fsp3) is 0.333. The summed E-state index contributed by atoms with van der Waals surface area (Å²) < 4.78 is 5.23. The summed E-state index contributed by atoms with van der Waals surface area (Å²) in [4.78, 5) is 28.4. The number of hydrogen-bond donors (Lipinski definition) is 2. The highest BCUT2D eigenvalue weighted by molar-refractivity contribution is 5.93. The van der Waals surface area contributed by atoms with Crippen LogP contribution in [0, 0.1) is 0 Å². The van der Waals surface area contributed by atoms with E-state index in [1.165, 1.54) is 9.80 Å². The number of ether oxygens (including phenoxy) is 1. The quantitative estimate of drug-likeness (QED) is 0.736. The zero-order valence-corrected chi connectivity index (χ0v) is 15.2. The molecule has 0 radical (unpaired) electrons. The Labute approximate surface area is 162 Å². The number of amides is 2. The second-order valence-electron chi connectivity index (χ2n) is 7.05. The minimum Gasteiger partial charge on any atom is -0.447 e. The van der Waals surface area contributed by atoms with Gasteiger partial charge in [0.1, 0.15) is 12.6 Å². The lowest BCUT2D eigenvalue weighted by molar-refractivity contribution is -0.169. The Morgan fingerprint density at radius 1 is 1.04 bits per heavy atom. The van der Waals surface area contributed by atoms with Gasteiger partial charge in [-0.2, -0.15) is 0 Å². The van der Waals surface area contributed by atoms with Crippen LogP contribution in [0.5, 0.6) is 0 Å². The molecule has 2 aromatic rings. The lowest BCUT2D eigenvalue weighted by atomic mass is 9.87. The smallest absolute Gasteiger partial charge is 0.411 e. The molecule has 2 aromatic carbocycles. The highest BCUT2D eigenvalue weighted by Gasteiger charge is 2.58. The molecule has 0 saturated carbocycles. The first-order valence-electron chi connectivity index (χ1n) is 9.25. The van der Waals surface area contributed by atoms with Gasteiger partial charge in [-0.15, -0.1) is 0 Å². The Bertz CT molecular complexity index is 844. The van der Waals surface area contributed by atoms with E-state index in [4.69, 9.17) is 4.74 Å². The van der Waals surface area contributed by atoms with E-state index in [1.54, 1.807) is 0 Å². The average Bonchev–Trinajstić information content (AvgIpc) is 3.11. The van der Waals surface area contributed by atoms with Crippen LogP contribution in [-0.4, -0.2) is 63.4 Å². The number of hydrogen-bond acceptors (Lipinski definition) is 5. The summed E-state index contributed by atoms with van der Waals surface area (Å²) in [5.74, 6) is -0.263. The lowest BCUT2D eigenvalue weighted by Crippen LogP contribution is -2.74. The van der Waals surface area contributed by atoms with E-state index in [0.29, 0.717) is 6.54 Å². The van der Waals surface area contributed by atoms with E-state index in [-0.39, 0.29) is 12.5 Å². The average molecular weight is 382 g/mol. The second-order valence-corrected chi connectivity index (χ2v) is 7.05. The molecule has 0 unspecified atom stereocenters. The van der Waals surface area contributed by atoms with Crippen LogP contribution < -0.4 is 0 Å². The molecule has 4 rings (SSSR count). The zero-order valence-electron chi connectivity index (χ0n) is 15.2. The van der Waals surface area contributed by atoms with Crippen LogP contribution in [-0.2, 0) is 16.1 Å². The van der Waals surface area contributed by atoms with Crippen LogP contribution in [0.15, 0.2) is 60.7 Å². The number of cyclic esters (lactones) is 1. The Kier molecular flexibility index (Phi) is 5.02. The summed E-state index contributed by atoms with van der Waals surface area (Å²) >= 11 is 0. The molecule has 7 nitrogen and oxygen atoms in total. The van der Waals surface area contributed by atoms with Gasteiger partial charge in [0.25, 0.3) is 0 Å². The first-order chi connectivity index (χ1) is 13.6. The summed E-state index contributed by atoms with van der Waals surface area (Å²) in [6, 6.07) is 16.8. The number of likely N-dealkylation sites (tertiary alicyclic amines) is 1. The van der Waals surface area contributed by atoms with Crippen molar-refractivity contribution in [1.29, 1.82) is 0 Å². The third kappa shape index (κ3) is 3.12. The highest BCUT2D eigenvalue weighted by atomic mass is 16.6. The normalized spacial score (nSPS) is 25.4. The van der Waals surface area contributed by atoms with Crippen LogP contribution in [0.1, 0.15) is 17.2 Å². The molecular weight excluding hydrogens is 360 g/mol. The van der Waals surface area contributed by atoms with Gasteiger partial charge in [-0.3, -0.25) is 9.69 Å².